The first kappa shape index (κ1) is 20.2. The molecule has 7 heteroatoms. The molecule has 0 fully saturated rings. The smallest absolute Gasteiger partial charge is 0.278 e. The van der Waals surface area contributed by atoms with Crippen LogP contribution in [0.4, 0.5) is 0 Å². The number of nitrogens with one attached hydrogen (secondary N) is 2. The van der Waals surface area contributed by atoms with E-state index in [2.05, 4.69) is 15.3 Å². The van der Waals surface area contributed by atoms with Crippen LogP contribution in [0, 0.1) is 6.92 Å². The van der Waals surface area contributed by atoms with Crippen molar-refractivity contribution in [2.75, 3.05) is 5.75 Å². The van der Waals surface area contributed by atoms with Gasteiger partial charge in [-0.1, -0.05) is 49.0 Å². The van der Waals surface area contributed by atoms with Gasteiger partial charge in [-0.15, -0.1) is 0 Å². The number of amides is 1. The van der Waals surface area contributed by atoms with Gasteiger partial charge < -0.3 is 10.3 Å². The zero-order valence-electron chi connectivity index (χ0n) is 16.7. The van der Waals surface area contributed by atoms with E-state index >= 15 is 0 Å². The summed E-state index contributed by atoms with van der Waals surface area (Å²) in [6.45, 7) is 7.89. The Morgan fingerprint density at radius 1 is 1.29 bits per heavy atom. The third-order valence-corrected chi connectivity index (χ3v) is 5.78. The van der Waals surface area contributed by atoms with Crippen molar-refractivity contribution in [1.82, 2.24) is 19.9 Å². The molecule has 0 aliphatic rings. The first-order valence-electron chi connectivity index (χ1n) is 9.49. The number of hydrogen-bond donors (Lipinski definition) is 2. The van der Waals surface area contributed by atoms with Crippen molar-refractivity contribution < 1.29 is 4.79 Å². The number of aryl methyl sites for hydroxylation is 1. The van der Waals surface area contributed by atoms with Gasteiger partial charge in [0.15, 0.2) is 5.16 Å². The Labute approximate surface area is 168 Å². The first-order valence-corrected chi connectivity index (χ1v) is 10.5. The van der Waals surface area contributed by atoms with Crippen LogP contribution >= 0.6 is 11.8 Å². The Morgan fingerprint density at radius 2 is 2.00 bits per heavy atom. The fourth-order valence-corrected chi connectivity index (χ4v) is 4.01. The van der Waals surface area contributed by atoms with E-state index < -0.39 is 0 Å². The lowest BCUT2D eigenvalue weighted by Gasteiger charge is -2.18. The van der Waals surface area contributed by atoms with Crippen LogP contribution in [-0.4, -0.2) is 26.2 Å². The average molecular weight is 399 g/mol. The van der Waals surface area contributed by atoms with Gasteiger partial charge in [-0.2, -0.15) is 0 Å². The van der Waals surface area contributed by atoms with Gasteiger partial charge in [0.25, 0.3) is 5.56 Å². The van der Waals surface area contributed by atoms with E-state index in [-0.39, 0.29) is 29.3 Å². The van der Waals surface area contributed by atoms with Crippen LogP contribution in [0.25, 0.3) is 11.0 Å². The van der Waals surface area contributed by atoms with Gasteiger partial charge >= 0.3 is 0 Å². The number of carbonyl (C=O) groups is 1. The van der Waals surface area contributed by atoms with Gasteiger partial charge in [0.2, 0.25) is 5.91 Å². The maximum absolute atomic E-state index is 12.9. The van der Waals surface area contributed by atoms with Crippen molar-refractivity contribution in [3.05, 3.63) is 58.0 Å². The molecule has 0 saturated heterocycles. The van der Waals surface area contributed by atoms with Crippen molar-refractivity contribution >= 4 is 28.7 Å². The molecule has 1 aromatic carbocycles. The van der Waals surface area contributed by atoms with E-state index in [1.54, 1.807) is 4.57 Å². The van der Waals surface area contributed by atoms with E-state index in [1.165, 1.54) is 11.8 Å². The number of H-pyrrole nitrogens is 1. The monoisotopic (exact) mass is 398 g/mol. The molecule has 6 nitrogen and oxygen atoms in total. The summed E-state index contributed by atoms with van der Waals surface area (Å²) in [6, 6.07) is 11.6. The van der Waals surface area contributed by atoms with E-state index in [1.807, 2.05) is 64.1 Å². The molecule has 148 valence electrons. The number of carbonyl (C=O) groups excluding carboxylic acids is 1. The van der Waals surface area contributed by atoms with E-state index in [0.29, 0.717) is 16.2 Å². The minimum atomic E-state index is -0.0898. The highest BCUT2D eigenvalue weighted by molar-refractivity contribution is 7.99. The normalized spacial score (nSPS) is 13.4. The maximum Gasteiger partial charge on any atom is 0.278 e. The lowest BCUT2D eigenvalue weighted by Crippen LogP contribution is -2.29. The highest BCUT2D eigenvalue weighted by atomic mass is 32.2. The third kappa shape index (κ3) is 4.30. The van der Waals surface area contributed by atoms with Crippen molar-refractivity contribution in [1.29, 1.82) is 0 Å². The number of aromatic nitrogens is 3. The summed E-state index contributed by atoms with van der Waals surface area (Å²) < 4.78 is 1.69. The molecular formula is C21H26N4O2S. The molecule has 1 amide bonds. The van der Waals surface area contributed by atoms with E-state index in [0.717, 1.165) is 17.7 Å². The van der Waals surface area contributed by atoms with Gasteiger partial charge in [0.1, 0.15) is 5.52 Å². The lowest BCUT2D eigenvalue weighted by atomic mass is 10.1. The van der Waals surface area contributed by atoms with Crippen molar-refractivity contribution in [3.8, 4) is 0 Å². The van der Waals surface area contributed by atoms with Crippen LogP contribution in [0.1, 0.15) is 50.5 Å². The second-order valence-corrected chi connectivity index (χ2v) is 7.97. The molecular weight excluding hydrogens is 372 g/mol. The average Bonchev–Trinajstić information content (AvgIpc) is 3.07. The third-order valence-electron chi connectivity index (χ3n) is 4.83. The van der Waals surface area contributed by atoms with Crippen LogP contribution in [-0.2, 0) is 4.79 Å². The fraction of sp³-hybridized carbons (Fsp3) is 0.381. The molecule has 2 atom stereocenters. The fourth-order valence-electron chi connectivity index (χ4n) is 3.10. The number of benzene rings is 1. The number of nitrogens with zero attached hydrogens (tertiary/aromatic N) is 2. The lowest BCUT2D eigenvalue weighted by molar-refractivity contribution is -0.119. The summed E-state index contributed by atoms with van der Waals surface area (Å²) in [5.74, 6) is 0.117. The molecule has 3 rings (SSSR count). The van der Waals surface area contributed by atoms with Crippen molar-refractivity contribution in [3.63, 3.8) is 0 Å². The maximum atomic E-state index is 12.9. The van der Waals surface area contributed by atoms with Gasteiger partial charge in [0, 0.05) is 11.7 Å². The van der Waals surface area contributed by atoms with Crippen LogP contribution in [0.2, 0.25) is 0 Å². The van der Waals surface area contributed by atoms with Crippen molar-refractivity contribution in [2.24, 2.45) is 0 Å². The summed E-state index contributed by atoms with van der Waals surface area (Å²) in [4.78, 5) is 33.1. The number of rotatable bonds is 7. The highest BCUT2D eigenvalue weighted by Crippen LogP contribution is 2.23. The van der Waals surface area contributed by atoms with Gasteiger partial charge in [-0.3, -0.25) is 14.2 Å². The van der Waals surface area contributed by atoms with E-state index in [9.17, 15) is 9.59 Å². The Balaban J connectivity index is 1.79. The minimum absolute atomic E-state index is 0.00168. The first-order chi connectivity index (χ1) is 13.4. The Bertz CT molecular complexity index is 1030. The summed E-state index contributed by atoms with van der Waals surface area (Å²) in [5, 5.41) is 3.58. The SMILES string of the molecule is CC[C@H](C)n1c(SCC(=O)N[C@H](C)c2ccccc2)nc2cc(C)[nH]c2c1=O. The quantitative estimate of drug-likeness (QED) is 0.466. The molecule has 0 bridgehead atoms. The molecule has 0 radical (unpaired) electrons. The number of aromatic amines is 1. The van der Waals surface area contributed by atoms with Gasteiger partial charge in [-0.05, 0) is 38.8 Å². The highest BCUT2D eigenvalue weighted by Gasteiger charge is 2.18. The largest absolute Gasteiger partial charge is 0.353 e. The molecule has 0 saturated carbocycles. The molecule has 3 aromatic rings. The summed E-state index contributed by atoms with van der Waals surface area (Å²) in [6.07, 6.45) is 0.803. The number of fused-ring (bicyclic) bond motifs is 1. The Kier molecular flexibility index (Phi) is 6.24. The van der Waals surface area contributed by atoms with Crippen molar-refractivity contribution in [2.45, 2.75) is 51.4 Å². The van der Waals surface area contributed by atoms with Gasteiger partial charge in [-0.25, -0.2) is 4.98 Å². The van der Waals surface area contributed by atoms with Crippen LogP contribution in [0.15, 0.2) is 46.3 Å². The molecule has 0 aliphatic heterocycles. The second-order valence-electron chi connectivity index (χ2n) is 7.03. The molecule has 0 aliphatic carbocycles. The Hall–Kier alpha value is -2.54. The zero-order chi connectivity index (χ0) is 20.3. The van der Waals surface area contributed by atoms with E-state index in [4.69, 9.17) is 0 Å². The second kappa shape index (κ2) is 8.65. The zero-order valence-corrected chi connectivity index (χ0v) is 17.5. The predicted octanol–water partition coefficient (Wildman–Crippen LogP) is 3.97. The minimum Gasteiger partial charge on any atom is -0.353 e. The summed E-state index contributed by atoms with van der Waals surface area (Å²) >= 11 is 1.30. The Morgan fingerprint density at radius 3 is 2.68 bits per heavy atom. The molecule has 2 heterocycles. The summed E-state index contributed by atoms with van der Waals surface area (Å²) in [7, 11) is 0. The molecule has 2 aromatic heterocycles. The predicted molar refractivity (Wildman–Crippen MR) is 114 cm³/mol. The topological polar surface area (TPSA) is 79.8 Å². The standard InChI is InChI=1S/C21H26N4O2S/c1-5-14(3)25-20(27)19-17(11-13(2)22-19)24-21(25)28-12-18(26)23-15(4)16-9-7-6-8-10-16/h6-11,14-15,22H,5,12H2,1-4H3,(H,23,26)/t14-,15+/m0/s1. The van der Waals surface area contributed by atoms with Crippen LogP contribution in [0.3, 0.4) is 0 Å². The molecule has 2 N–H and O–H groups in total. The van der Waals surface area contributed by atoms with Gasteiger partial charge in [0.05, 0.1) is 17.3 Å². The number of hydrogen-bond acceptors (Lipinski definition) is 4. The molecule has 28 heavy (non-hydrogen) atoms. The number of thioether (sulfide) groups is 1. The van der Waals surface area contributed by atoms with Crippen LogP contribution < -0.4 is 10.9 Å². The van der Waals surface area contributed by atoms with Crippen LogP contribution in [0.5, 0.6) is 0 Å². The molecule has 0 unspecified atom stereocenters. The summed E-state index contributed by atoms with van der Waals surface area (Å²) in [5.41, 5.74) is 3.02. The molecule has 0 spiro atoms.